The lowest BCUT2D eigenvalue weighted by molar-refractivity contribution is -0.121. The number of amides is 1. The number of piperidine rings is 1. The molecule has 1 saturated heterocycles. The topological polar surface area (TPSA) is 56.7 Å². The van der Waals surface area contributed by atoms with Crippen molar-refractivity contribution in [2.24, 2.45) is 4.99 Å². The minimum absolute atomic E-state index is 0.0748. The van der Waals surface area contributed by atoms with E-state index in [9.17, 15) is 4.79 Å². The zero-order valence-electron chi connectivity index (χ0n) is 14.9. The average molecular weight is 330 g/mol. The average Bonchev–Trinajstić information content (AvgIpc) is 2.62. The van der Waals surface area contributed by atoms with Gasteiger partial charge in [-0.1, -0.05) is 25.1 Å². The monoisotopic (exact) mass is 330 g/mol. The van der Waals surface area contributed by atoms with Crippen molar-refractivity contribution in [3.63, 3.8) is 0 Å². The molecule has 24 heavy (non-hydrogen) atoms. The van der Waals surface area contributed by atoms with Gasteiger partial charge < -0.3 is 15.5 Å². The maximum absolute atomic E-state index is 11.9. The Bertz CT molecular complexity index is 523. The molecule has 1 unspecified atom stereocenters. The summed E-state index contributed by atoms with van der Waals surface area (Å²) >= 11 is 0. The first-order chi connectivity index (χ1) is 11.7. The van der Waals surface area contributed by atoms with Crippen molar-refractivity contribution >= 4 is 17.6 Å². The Morgan fingerprint density at radius 2 is 1.92 bits per heavy atom. The molecule has 0 spiro atoms. The summed E-state index contributed by atoms with van der Waals surface area (Å²) < 4.78 is 0. The number of hydrogen-bond donors (Lipinski definition) is 2. The molecule has 0 aromatic heterocycles. The number of aliphatic imine (C=N–C) groups is 1. The Morgan fingerprint density at radius 1 is 1.21 bits per heavy atom. The molecule has 1 aromatic carbocycles. The number of benzene rings is 1. The molecular weight excluding hydrogens is 300 g/mol. The smallest absolute Gasteiger partial charge is 0.222 e. The lowest BCUT2D eigenvalue weighted by Crippen LogP contribution is -2.40. The second-order valence-electron chi connectivity index (χ2n) is 6.37. The van der Waals surface area contributed by atoms with E-state index in [2.05, 4.69) is 27.4 Å². The van der Waals surface area contributed by atoms with Crippen LogP contribution in [0, 0.1) is 0 Å². The first kappa shape index (κ1) is 18.3. The second-order valence-corrected chi connectivity index (χ2v) is 6.37. The van der Waals surface area contributed by atoms with Crippen LogP contribution in [0.15, 0.2) is 35.3 Å². The number of guanidine groups is 1. The highest BCUT2D eigenvalue weighted by atomic mass is 16.1. The largest absolute Gasteiger partial charge is 0.354 e. The lowest BCUT2D eigenvalue weighted by Gasteiger charge is -2.30. The highest BCUT2D eigenvalue weighted by Crippen LogP contribution is 2.12. The number of likely N-dealkylation sites (tertiary alicyclic amines) is 1. The van der Waals surface area contributed by atoms with Gasteiger partial charge in [0, 0.05) is 31.2 Å². The predicted molar refractivity (Wildman–Crippen MR) is 100 cm³/mol. The third-order valence-electron chi connectivity index (χ3n) is 4.31. The Balaban J connectivity index is 1.95. The van der Waals surface area contributed by atoms with Crippen molar-refractivity contribution in [1.29, 1.82) is 0 Å². The van der Waals surface area contributed by atoms with Crippen molar-refractivity contribution in [3.8, 4) is 0 Å². The van der Waals surface area contributed by atoms with Gasteiger partial charge in [-0.25, -0.2) is 0 Å². The van der Waals surface area contributed by atoms with E-state index in [0.717, 1.165) is 31.2 Å². The van der Waals surface area contributed by atoms with Crippen LogP contribution in [0.4, 0.5) is 5.69 Å². The number of nitrogens with zero attached hydrogens (tertiary/aromatic N) is 2. The van der Waals surface area contributed by atoms with Gasteiger partial charge in [-0.2, -0.15) is 0 Å². The van der Waals surface area contributed by atoms with Gasteiger partial charge in [0.25, 0.3) is 0 Å². The van der Waals surface area contributed by atoms with Crippen molar-refractivity contribution in [2.45, 2.75) is 52.0 Å². The Hall–Kier alpha value is -2.04. The lowest BCUT2D eigenvalue weighted by atomic mass is 10.1. The molecule has 132 valence electrons. The summed E-state index contributed by atoms with van der Waals surface area (Å²) in [5.74, 6) is 0.961. The fourth-order valence-electron chi connectivity index (χ4n) is 2.69. The molecule has 1 aromatic rings. The van der Waals surface area contributed by atoms with Gasteiger partial charge in [0.2, 0.25) is 5.91 Å². The van der Waals surface area contributed by atoms with Crippen LogP contribution >= 0.6 is 0 Å². The number of hydrogen-bond acceptors (Lipinski definition) is 2. The third-order valence-corrected chi connectivity index (χ3v) is 4.31. The summed E-state index contributed by atoms with van der Waals surface area (Å²) in [7, 11) is 0. The summed E-state index contributed by atoms with van der Waals surface area (Å²) in [6.07, 6.45) is 5.06. The van der Waals surface area contributed by atoms with E-state index < -0.39 is 0 Å². The zero-order chi connectivity index (χ0) is 17.2. The van der Waals surface area contributed by atoms with Crippen LogP contribution in [-0.4, -0.2) is 42.4 Å². The highest BCUT2D eigenvalue weighted by Gasteiger charge is 2.15. The molecule has 0 aliphatic carbocycles. The van der Waals surface area contributed by atoms with E-state index in [0.29, 0.717) is 13.0 Å². The molecule has 0 saturated carbocycles. The molecule has 2 N–H and O–H groups in total. The molecule has 1 amide bonds. The second kappa shape index (κ2) is 9.96. The van der Waals surface area contributed by atoms with Crippen molar-refractivity contribution < 1.29 is 4.79 Å². The predicted octanol–water partition coefficient (Wildman–Crippen LogP) is 3.25. The number of carbonyl (C=O) groups is 1. The Kier molecular flexibility index (Phi) is 7.59. The first-order valence-electron chi connectivity index (χ1n) is 9.10. The SMILES string of the molecule is CCC(C)NC(=O)CCN=C(Nc1ccccc1)N1CCCCC1. The molecule has 1 aliphatic heterocycles. The highest BCUT2D eigenvalue weighted by molar-refractivity contribution is 5.93. The summed E-state index contributed by atoms with van der Waals surface area (Å²) in [6.45, 7) is 6.65. The van der Waals surface area contributed by atoms with Crippen molar-refractivity contribution in [1.82, 2.24) is 10.2 Å². The van der Waals surface area contributed by atoms with Crippen LogP contribution in [0.2, 0.25) is 0 Å². The quantitative estimate of drug-likeness (QED) is 0.622. The summed E-state index contributed by atoms with van der Waals surface area (Å²) in [4.78, 5) is 18.9. The molecule has 5 nitrogen and oxygen atoms in total. The third kappa shape index (κ3) is 6.22. The Morgan fingerprint density at radius 3 is 2.58 bits per heavy atom. The summed E-state index contributed by atoms with van der Waals surface area (Å²) in [5.41, 5.74) is 1.03. The molecule has 2 rings (SSSR count). The molecule has 0 radical (unpaired) electrons. The van der Waals surface area contributed by atoms with Gasteiger partial charge in [-0.15, -0.1) is 0 Å². The van der Waals surface area contributed by atoms with Crippen molar-refractivity contribution in [2.75, 3.05) is 25.0 Å². The number of nitrogens with one attached hydrogen (secondary N) is 2. The van der Waals surface area contributed by atoms with Crippen LogP contribution in [0.25, 0.3) is 0 Å². The van der Waals surface area contributed by atoms with Gasteiger partial charge in [-0.05, 0) is 44.7 Å². The van der Waals surface area contributed by atoms with Gasteiger partial charge in [0.1, 0.15) is 0 Å². The van der Waals surface area contributed by atoms with E-state index in [4.69, 9.17) is 0 Å². The molecule has 1 atom stereocenters. The number of carbonyl (C=O) groups excluding carboxylic acids is 1. The van der Waals surface area contributed by atoms with E-state index >= 15 is 0 Å². The Labute approximate surface area is 145 Å². The molecule has 5 heteroatoms. The van der Waals surface area contributed by atoms with E-state index in [1.165, 1.54) is 19.3 Å². The molecular formula is C19H30N4O. The van der Waals surface area contributed by atoms with E-state index in [1.54, 1.807) is 0 Å². The number of rotatable bonds is 6. The fourth-order valence-corrected chi connectivity index (χ4v) is 2.69. The normalized spacial score (nSPS) is 16.6. The molecule has 1 fully saturated rings. The van der Waals surface area contributed by atoms with Gasteiger partial charge in [0.05, 0.1) is 6.54 Å². The van der Waals surface area contributed by atoms with Crippen LogP contribution in [0.5, 0.6) is 0 Å². The van der Waals surface area contributed by atoms with Gasteiger partial charge in [-0.3, -0.25) is 9.79 Å². The van der Waals surface area contributed by atoms with Gasteiger partial charge >= 0.3 is 0 Å². The van der Waals surface area contributed by atoms with Crippen LogP contribution < -0.4 is 10.6 Å². The van der Waals surface area contributed by atoms with Crippen LogP contribution in [0.1, 0.15) is 46.0 Å². The van der Waals surface area contributed by atoms with Gasteiger partial charge in [0.15, 0.2) is 5.96 Å². The standard InChI is InChI=1S/C19H30N4O/c1-3-16(2)21-18(24)12-13-20-19(23-14-8-5-9-15-23)22-17-10-6-4-7-11-17/h4,6-7,10-11,16H,3,5,8-9,12-15H2,1-2H3,(H,20,22)(H,21,24). The van der Waals surface area contributed by atoms with Crippen molar-refractivity contribution in [3.05, 3.63) is 30.3 Å². The van der Waals surface area contributed by atoms with Crippen LogP contribution in [0.3, 0.4) is 0 Å². The number of anilines is 1. The summed E-state index contributed by atoms with van der Waals surface area (Å²) in [5, 5.41) is 6.41. The zero-order valence-corrected chi connectivity index (χ0v) is 14.9. The van der Waals surface area contributed by atoms with Crippen LogP contribution in [-0.2, 0) is 4.79 Å². The minimum Gasteiger partial charge on any atom is -0.354 e. The first-order valence-corrected chi connectivity index (χ1v) is 9.10. The minimum atomic E-state index is 0.0748. The molecule has 0 bridgehead atoms. The van der Waals surface area contributed by atoms with E-state index in [-0.39, 0.29) is 11.9 Å². The summed E-state index contributed by atoms with van der Waals surface area (Å²) in [6, 6.07) is 10.3. The maximum Gasteiger partial charge on any atom is 0.222 e. The fraction of sp³-hybridized carbons (Fsp3) is 0.579. The maximum atomic E-state index is 11.9. The van der Waals surface area contributed by atoms with E-state index in [1.807, 2.05) is 37.3 Å². The molecule has 1 aliphatic rings. The molecule has 1 heterocycles. The number of para-hydroxylation sites is 1.